The summed E-state index contributed by atoms with van der Waals surface area (Å²) in [5.41, 5.74) is 1.31. The van der Waals surface area contributed by atoms with Gasteiger partial charge in [0.2, 0.25) is 5.91 Å². The predicted molar refractivity (Wildman–Crippen MR) is 126 cm³/mol. The van der Waals surface area contributed by atoms with Gasteiger partial charge in [-0.15, -0.1) is 0 Å². The minimum atomic E-state index is -3.61. The maximum absolute atomic E-state index is 13.2. The number of fused-ring (bicyclic) bond motifs is 7. The predicted octanol–water partition coefficient (Wildman–Crippen LogP) is 2.66. The third kappa shape index (κ3) is 5.70. The number of nitrogens with one attached hydrogen (secondary N) is 1. The van der Waals surface area contributed by atoms with Gasteiger partial charge >= 0.3 is 0 Å². The van der Waals surface area contributed by atoms with Crippen LogP contribution in [-0.4, -0.2) is 75.1 Å². The summed E-state index contributed by atoms with van der Waals surface area (Å²) < 4.78 is 41.4. The lowest BCUT2D eigenvalue weighted by molar-refractivity contribution is -0.136. The van der Waals surface area contributed by atoms with Gasteiger partial charge in [-0.05, 0) is 69.1 Å². The topological polar surface area (TPSA) is 88.2 Å². The Bertz CT molecular complexity index is 930. The molecule has 3 heterocycles. The molecule has 8 nitrogen and oxygen atoms in total. The first-order valence-electron chi connectivity index (χ1n) is 12.1. The minimum Gasteiger partial charge on any atom is -0.494 e. The Balaban J connectivity index is 1.54. The van der Waals surface area contributed by atoms with E-state index in [1.54, 1.807) is 0 Å². The maximum atomic E-state index is 13.2. The zero-order valence-corrected chi connectivity index (χ0v) is 20.7. The highest BCUT2D eigenvalue weighted by Gasteiger charge is 2.44. The highest BCUT2D eigenvalue weighted by atomic mass is 32.2. The number of carbonyl (C=O) groups excluding carboxylic acids is 1. The smallest absolute Gasteiger partial charge is 0.279 e. The zero-order chi connectivity index (χ0) is 23.6. The molecule has 1 aromatic rings. The van der Waals surface area contributed by atoms with Gasteiger partial charge in [0.05, 0.1) is 25.4 Å². The number of carbonyl (C=O) groups is 1. The third-order valence-electron chi connectivity index (χ3n) is 7.27. The van der Waals surface area contributed by atoms with Crippen molar-refractivity contribution in [2.75, 3.05) is 27.3 Å². The molecule has 184 valence electrons. The van der Waals surface area contributed by atoms with Crippen molar-refractivity contribution >= 4 is 16.1 Å². The Morgan fingerprint density at radius 2 is 1.91 bits per heavy atom. The second kappa shape index (κ2) is 10.3. The van der Waals surface area contributed by atoms with E-state index in [1.165, 1.54) is 24.0 Å². The molecule has 1 N–H and O–H groups in total. The summed E-state index contributed by atoms with van der Waals surface area (Å²) >= 11 is 0. The molecule has 1 saturated heterocycles. The normalized spacial score (nSPS) is 31.5. The van der Waals surface area contributed by atoms with E-state index in [0.717, 1.165) is 31.4 Å². The fraction of sp³-hybridized carbons (Fsp3) is 0.708. The Labute approximate surface area is 197 Å². The molecule has 0 radical (unpaired) electrons. The Morgan fingerprint density at radius 3 is 2.64 bits per heavy atom. The number of nitrogens with zero attached hydrogens (tertiary/aromatic N) is 2. The largest absolute Gasteiger partial charge is 0.494 e. The third-order valence-corrected chi connectivity index (χ3v) is 8.83. The average molecular weight is 480 g/mol. The van der Waals surface area contributed by atoms with E-state index in [-0.39, 0.29) is 30.1 Å². The van der Waals surface area contributed by atoms with Gasteiger partial charge in [-0.3, -0.25) is 4.79 Å². The van der Waals surface area contributed by atoms with Crippen LogP contribution in [0.3, 0.4) is 0 Å². The summed E-state index contributed by atoms with van der Waals surface area (Å²) in [6, 6.07) is 7.58. The standard InChI is InChI=1S/C24H37N3O5S/c1-17-14-22(25-33(29,30)26(2)3)23-16-32-20-11-9-18(10-12-20)19-6-4-7-21(15-19)31-13-5-8-24(28)27(17)23/h4,6-7,15,17-18,20,22-23,25H,5,8-14,16H2,1-3H3/t17-,18?,20?,22+,23+/m1/s1. The first-order valence-corrected chi connectivity index (χ1v) is 13.5. The van der Waals surface area contributed by atoms with Gasteiger partial charge in [0, 0.05) is 32.6 Å². The van der Waals surface area contributed by atoms with Gasteiger partial charge in [0.1, 0.15) is 5.75 Å². The summed E-state index contributed by atoms with van der Waals surface area (Å²) in [7, 11) is -0.598. The number of hydrogen-bond acceptors (Lipinski definition) is 5. The summed E-state index contributed by atoms with van der Waals surface area (Å²) in [6.07, 6.45) is 5.69. The van der Waals surface area contributed by atoms with Gasteiger partial charge in [-0.25, -0.2) is 0 Å². The fourth-order valence-electron chi connectivity index (χ4n) is 5.41. The van der Waals surface area contributed by atoms with Crippen LogP contribution in [0.5, 0.6) is 5.75 Å². The summed E-state index contributed by atoms with van der Waals surface area (Å²) in [4.78, 5) is 15.1. The van der Waals surface area contributed by atoms with Crippen molar-refractivity contribution in [3.05, 3.63) is 29.8 Å². The molecule has 9 heteroatoms. The van der Waals surface area contributed by atoms with Crippen LogP contribution in [0.2, 0.25) is 0 Å². The van der Waals surface area contributed by atoms with E-state index in [4.69, 9.17) is 9.47 Å². The van der Waals surface area contributed by atoms with Crippen LogP contribution in [0.25, 0.3) is 0 Å². The molecule has 0 unspecified atom stereocenters. The molecule has 1 aliphatic carbocycles. The van der Waals surface area contributed by atoms with Crippen molar-refractivity contribution in [2.24, 2.45) is 0 Å². The van der Waals surface area contributed by atoms with E-state index < -0.39 is 10.2 Å². The van der Waals surface area contributed by atoms with Crippen LogP contribution in [0, 0.1) is 0 Å². The molecule has 5 rings (SSSR count). The van der Waals surface area contributed by atoms with Gasteiger partial charge in [-0.2, -0.15) is 17.4 Å². The van der Waals surface area contributed by atoms with Gasteiger partial charge < -0.3 is 14.4 Å². The minimum absolute atomic E-state index is 0.0239. The van der Waals surface area contributed by atoms with E-state index in [0.29, 0.717) is 38.4 Å². The zero-order valence-electron chi connectivity index (χ0n) is 19.9. The van der Waals surface area contributed by atoms with Gasteiger partial charge in [0.25, 0.3) is 10.2 Å². The van der Waals surface area contributed by atoms with Crippen molar-refractivity contribution in [3.63, 3.8) is 0 Å². The number of rotatable bonds is 3. The first-order chi connectivity index (χ1) is 15.7. The molecular formula is C24H37N3O5S. The summed E-state index contributed by atoms with van der Waals surface area (Å²) in [6.45, 7) is 2.81. The highest BCUT2D eigenvalue weighted by Crippen LogP contribution is 2.36. The molecule has 2 fully saturated rings. The Kier molecular flexibility index (Phi) is 7.63. The van der Waals surface area contributed by atoms with Crippen LogP contribution < -0.4 is 9.46 Å². The van der Waals surface area contributed by atoms with Crippen LogP contribution in [0.15, 0.2) is 24.3 Å². The quantitative estimate of drug-likeness (QED) is 0.720. The van der Waals surface area contributed by atoms with Crippen LogP contribution in [0.1, 0.15) is 63.4 Å². The second-order valence-corrected chi connectivity index (χ2v) is 11.7. The molecule has 0 spiro atoms. The van der Waals surface area contributed by atoms with Crippen LogP contribution in [-0.2, 0) is 19.7 Å². The molecule has 3 aliphatic heterocycles. The van der Waals surface area contributed by atoms with Crippen molar-refractivity contribution in [1.29, 1.82) is 0 Å². The van der Waals surface area contributed by atoms with Crippen LogP contribution in [0.4, 0.5) is 0 Å². The Morgan fingerprint density at radius 1 is 1.15 bits per heavy atom. The van der Waals surface area contributed by atoms with Gasteiger partial charge in [0.15, 0.2) is 0 Å². The van der Waals surface area contributed by atoms with Crippen molar-refractivity contribution in [2.45, 2.75) is 82.0 Å². The molecule has 3 atom stereocenters. The highest BCUT2D eigenvalue weighted by molar-refractivity contribution is 7.87. The lowest BCUT2D eigenvalue weighted by Gasteiger charge is -2.34. The summed E-state index contributed by atoms with van der Waals surface area (Å²) in [5, 5.41) is 0. The molecular weight excluding hydrogens is 442 g/mol. The van der Waals surface area contributed by atoms with Crippen molar-refractivity contribution < 1.29 is 22.7 Å². The SMILES string of the molecule is C[C@@H]1C[C@H](NS(=O)(=O)N(C)C)[C@@H]2COC3CCC(CC3)c3cccc(c3)OCCCC(=O)N12. The fourth-order valence-corrected chi connectivity index (χ4v) is 6.25. The van der Waals surface area contributed by atoms with Crippen molar-refractivity contribution in [1.82, 2.24) is 13.9 Å². The lowest BCUT2D eigenvalue weighted by Crippen LogP contribution is -2.52. The molecule has 0 aromatic heterocycles. The van der Waals surface area contributed by atoms with E-state index in [1.807, 2.05) is 24.0 Å². The van der Waals surface area contributed by atoms with Gasteiger partial charge in [-0.1, -0.05) is 12.1 Å². The monoisotopic (exact) mass is 479 g/mol. The molecule has 1 amide bonds. The number of ether oxygens (including phenoxy) is 2. The molecule has 1 saturated carbocycles. The lowest BCUT2D eigenvalue weighted by atomic mass is 9.82. The van der Waals surface area contributed by atoms with Crippen molar-refractivity contribution in [3.8, 4) is 5.75 Å². The van der Waals surface area contributed by atoms with Crippen LogP contribution >= 0.6 is 0 Å². The Hall–Kier alpha value is -1.68. The second-order valence-electron chi connectivity index (χ2n) is 9.80. The van der Waals surface area contributed by atoms with E-state index in [2.05, 4.69) is 16.9 Å². The number of benzene rings is 1. The molecule has 4 bridgehead atoms. The molecule has 1 aromatic carbocycles. The average Bonchev–Trinajstić information content (AvgIpc) is 3.09. The number of amides is 1. The first kappa shape index (κ1) is 24.4. The van der Waals surface area contributed by atoms with E-state index in [9.17, 15) is 13.2 Å². The van der Waals surface area contributed by atoms with E-state index >= 15 is 0 Å². The molecule has 4 aliphatic rings. The number of hydrogen-bond donors (Lipinski definition) is 1. The maximum Gasteiger partial charge on any atom is 0.279 e. The molecule has 33 heavy (non-hydrogen) atoms. The summed E-state index contributed by atoms with van der Waals surface area (Å²) in [5.74, 6) is 1.39.